The number of nitrogens with two attached hydrogens (primary N) is 2. The fourth-order valence-electron chi connectivity index (χ4n) is 4.53. The minimum atomic E-state index is -5.96. The van der Waals surface area contributed by atoms with E-state index in [1.54, 1.807) is 0 Å². The Kier molecular flexibility index (Phi) is 8.33. The van der Waals surface area contributed by atoms with Crippen LogP contribution in [0.25, 0.3) is 0 Å². The summed E-state index contributed by atoms with van der Waals surface area (Å²) in [5.41, 5.74) is -0.159. The summed E-state index contributed by atoms with van der Waals surface area (Å²) in [6.07, 6.45) is -21.5. The minimum absolute atomic E-state index is 0.267. The van der Waals surface area contributed by atoms with Gasteiger partial charge in [0, 0.05) is 23.5 Å². The average Bonchev–Trinajstić information content (AvgIpc) is 2.88. The standard InChI is InChI=1S/C29H18F12N2O2/c30-26(31,32)21-11-9-19(13-23(21)42)44-17-5-1-15(2-6-17)25(28(36,37)38,29(39,40)41)16-3-7-18(8-4-16)45-20-10-12-22(24(43)14-20)27(33,34)35/h1-14H,42-43H2. The predicted octanol–water partition coefficient (Wildman–Crippen LogP) is 9.88. The molecule has 0 spiro atoms. The van der Waals surface area contributed by atoms with Crippen LogP contribution in [0.1, 0.15) is 22.3 Å². The molecule has 0 aliphatic rings. The van der Waals surface area contributed by atoms with Gasteiger partial charge in [-0.25, -0.2) is 0 Å². The number of rotatable bonds is 6. The first kappa shape index (κ1) is 33.1. The summed E-state index contributed by atoms with van der Waals surface area (Å²) >= 11 is 0. The van der Waals surface area contributed by atoms with E-state index in [2.05, 4.69) is 0 Å². The Labute approximate surface area is 245 Å². The molecule has 240 valence electrons. The van der Waals surface area contributed by atoms with E-state index in [1.807, 2.05) is 0 Å². The Hall–Kier alpha value is -4.76. The number of anilines is 2. The van der Waals surface area contributed by atoms with E-state index in [1.165, 1.54) is 0 Å². The first-order valence-electron chi connectivity index (χ1n) is 12.3. The number of ether oxygens (including phenoxy) is 2. The van der Waals surface area contributed by atoms with Crippen molar-refractivity contribution in [2.75, 3.05) is 11.5 Å². The van der Waals surface area contributed by atoms with Crippen LogP contribution < -0.4 is 20.9 Å². The summed E-state index contributed by atoms with van der Waals surface area (Å²) < 4.78 is 175. The van der Waals surface area contributed by atoms with E-state index in [9.17, 15) is 52.7 Å². The van der Waals surface area contributed by atoms with Crippen LogP contribution >= 0.6 is 0 Å². The zero-order valence-corrected chi connectivity index (χ0v) is 22.1. The average molecular weight is 654 g/mol. The van der Waals surface area contributed by atoms with Gasteiger partial charge in [0.15, 0.2) is 0 Å². The van der Waals surface area contributed by atoms with Crippen molar-refractivity contribution in [3.63, 3.8) is 0 Å². The second kappa shape index (κ2) is 11.3. The number of halogens is 12. The zero-order valence-electron chi connectivity index (χ0n) is 22.1. The molecule has 0 aliphatic heterocycles. The number of hydrogen-bond acceptors (Lipinski definition) is 4. The molecule has 4 nitrogen and oxygen atoms in total. The molecule has 0 saturated carbocycles. The molecule has 0 heterocycles. The van der Waals surface area contributed by atoms with E-state index in [4.69, 9.17) is 20.9 Å². The van der Waals surface area contributed by atoms with Gasteiger partial charge in [-0.3, -0.25) is 0 Å². The van der Waals surface area contributed by atoms with Crippen molar-refractivity contribution < 1.29 is 62.2 Å². The molecule has 4 rings (SSSR count). The van der Waals surface area contributed by atoms with Crippen LogP contribution in [0, 0.1) is 0 Å². The highest BCUT2D eigenvalue weighted by atomic mass is 19.4. The first-order chi connectivity index (χ1) is 20.6. The maximum atomic E-state index is 14.5. The summed E-state index contributed by atoms with van der Waals surface area (Å²) in [4.78, 5) is 0. The summed E-state index contributed by atoms with van der Waals surface area (Å²) in [5, 5.41) is 0. The first-order valence-corrected chi connectivity index (χ1v) is 12.3. The Balaban J connectivity index is 1.67. The normalized spacial score (nSPS) is 13.1. The van der Waals surface area contributed by atoms with Crippen molar-refractivity contribution >= 4 is 11.4 Å². The van der Waals surface area contributed by atoms with E-state index >= 15 is 0 Å². The number of nitrogen functional groups attached to an aromatic ring is 2. The van der Waals surface area contributed by atoms with E-state index in [0.717, 1.165) is 48.5 Å². The summed E-state index contributed by atoms with van der Waals surface area (Å²) in [7, 11) is 0. The van der Waals surface area contributed by atoms with Gasteiger partial charge in [-0.05, 0) is 59.7 Å². The third kappa shape index (κ3) is 6.54. The molecule has 0 amide bonds. The third-order valence-electron chi connectivity index (χ3n) is 6.55. The molecule has 45 heavy (non-hydrogen) atoms. The molecule has 4 aromatic rings. The van der Waals surface area contributed by atoms with Gasteiger partial charge >= 0.3 is 24.7 Å². The topological polar surface area (TPSA) is 70.5 Å². The summed E-state index contributed by atoms with van der Waals surface area (Å²) in [6.45, 7) is 0. The molecule has 0 bridgehead atoms. The van der Waals surface area contributed by atoms with Crippen LogP contribution in [0.3, 0.4) is 0 Å². The molecule has 0 atom stereocenters. The van der Waals surface area contributed by atoms with Gasteiger partial charge in [0.2, 0.25) is 5.41 Å². The minimum Gasteiger partial charge on any atom is -0.457 e. The fourth-order valence-corrected chi connectivity index (χ4v) is 4.53. The Morgan fingerprint density at radius 1 is 0.400 bits per heavy atom. The van der Waals surface area contributed by atoms with Crippen LogP contribution in [-0.2, 0) is 17.8 Å². The molecule has 0 aromatic heterocycles. The molecule has 4 aromatic carbocycles. The molecule has 0 unspecified atom stereocenters. The highest BCUT2D eigenvalue weighted by Crippen LogP contribution is 2.56. The second-order valence-electron chi connectivity index (χ2n) is 9.49. The monoisotopic (exact) mass is 654 g/mol. The SMILES string of the molecule is Nc1cc(Oc2ccc(C(c3ccc(Oc4ccc(C(F)(F)F)c(N)c4)cc3)(C(F)(F)F)C(F)(F)F)cc2)ccc1C(F)(F)F. The van der Waals surface area contributed by atoms with E-state index < -0.39 is 63.7 Å². The van der Waals surface area contributed by atoms with Gasteiger partial charge in [-0.1, -0.05) is 24.3 Å². The molecule has 0 aliphatic carbocycles. The lowest BCUT2D eigenvalue weighted by atomic mass is 9.73. The van der Waals surface area contributed by atoms with Gasteiger partial charge in [-0.2, -0.15) is 52.7 Å². The Morgan fingerprint density at radius 2 is 0.689 bits per heavy atom. The number of benzene rings is 4. The lowest BCUT2D eigenvalue weighted by Crippen LogP contribution is -2.54. The lowest BCUT2D eigenvalue weighted by molar-refractivity contribution is -0.288. The quantitative estimate of drug-likeness (QED) is 0.160. The van der Waals surface area contributed by atoms with Crippen LogP contribution in [0.4, 0.5) is 64.1 Å². The van der Waals surface area contributed by atoms with Gasteiger partial charge < -0.3 is 20.9 Å². The van der Waals surface area contributed by atoms with E-state index in [0.29, 0.717) is 36.4 Å². The smallest absolute Gasteiger partial charge is 0.418 e. The highest BCUT2D eigenvalue weighted by molar-refractivity contribution is 5.55. The van der Waals surface area contributed by atoms with Gasteiger partial charge in [0.1, 0.15) is 23.0 Å². The molecule has 16 heteroatoms. The molecule has 4 N–H and O–H groups in total. The molecule has 0 radical (unpaired) electrons. The Morgan fingerprint density at radius 3 is 0.933 bits per heavy atom. The van der Waals surface area contributed by atoms with Crippen LogP contribution in [0.15, 0.2) is 84.9 Å². The maximum absolute atomic E-state index is 14.5. The third-order valence-corrected chi connectivity index (χ3v) is 6.55. The molecule has 0 fully saturated rings. The number of alkyl halides is 12. The van der Waals surface area contributed by atoms with E-state index in [-0.39, 0.29) is 23.0 Å². The highest BCUT2D eigenvalue weighted by Gasteiger charge is 2.72. The van der Waals surface area contributed by atoms with Crippen LogP contribution in [0.2, 0.25) is 0 Å². The molecular formula is C29H18F12N2O2. The predicted molar refractivity (Wildman–Crippen MR) is 138 cm³/mol. The van der Waals surface area contributed by atoms with Crippen molar-refractivity contribution in [2.24, 2.45) is 0 Å². The van der Waals surface area contributed by atoms with Crippen LogP contribution in [-0.4, -0.2) is 12.4 Å². The molecular weight excluding hydrogens is 636 g/mol. The Bertz CT molecular complexity index is 1530. The van der Waals surface area contributed by atoms with Crippen molar-refractivity contribution in [1.82, 2.24) is 0 Å². The van der Waals surface area contributed by atoms with Gasteiger partial charge in [0.25, 0.3) is 0 Å². The van der Waals surface area contributed by atoms with Gasteiger partial charge in [-0.15, -0.1) is 0 Å². The lowest BCUT2D eigenvalue weighted by Gasteiger charge is -2.38. The van der Waals surface area contributed by atoms with Gasteiger partial charge in [0.05, 0.1) is 11.1 Å². The van der Waals surface area contributed by atoms with Crippen molar-refractivity contribution in [2.45, 2.75) is 30.1 Å². The fraction of sp³-hybridized carbons (Fsp3) is 0.172. The van der Waals surface area contributed by atoms with Crippen LogP contribution in [0.5, 0.6) is 23.0 Å². The second-order valence-corrected chi connectivity index (χ2v) is 9.49. The maximum Gasteiger partial charge on any atom is 0.418 e. The largest absolute Gasteiger partial charge is 0.457 e. The van der Waals surface area contributed by atoms with Crippen molar-refractivity contribution in [3.05, 3.63) is 107 Å². The zero-order chi connectivity index (χ0) is 33.6. The van der Waals surface area contributed by atoms with Crippen molar-refractivity contribution in [1.29, 1.82) is 0 Å². The number of hydrogen-bond donors (Lipinski definition) is 2. The summed E-state index contributed by atoms with van der Waals surface area (Å²) in [6, 6.07) is 9.56. The molecule has 0 saturated heterocycles. The van der Waals surface area contributed by atoms with Crippen molar-refractivity contribution in [3.8, 4) is 23.0 Å². The summed E-state index contributed by atoms with van der Waals surface area (Å²) in [5.74, 6) is -1.15.